The van der Waals surface area contributed by atoms with Gasteiger partial charge in [-0.1, -0.05) is 29.5 Å². The van der Waals surface area contributed by atoms with Crippen molar-refractivity contribution < 1.29 is 28.4 Å². The lowest BCUT2D eigenvalue weighted by atomic mass is 10.1. The molecule has 1 aromatic heterocycles. The second-order valence-electron chi connectivity index (χ2n) is 9.41. The minimum absolute atomic E-state index is 0.271. The summed E-state index contributed by atoms with van der Waals surface area (Å²) < 4.78 is 38.5. The van der Waals surface area contributed by atoms with Gasteiger partial charge in [0.1, 0.15) is 30.1 Å². The predicted octanol–water partition coefficient (Wildman–Crippen LogP) is 2.22. The van der Waals surface area contributed by atoms with Crippen LogP contribution in [0, 0.1) is 0 Å². The number of hydrogen-bond donors (Lipinski definition) is 0. The van der Waals surface area contributed by atoms with E-state index in [2.05, 4.69) is 22.4 Å². The van der Waals surface area contributed by atoms with E-state index in [4.69, 9.17) is 28.4 Å². The summed E-state index contributed by atoms with van der Waals surface area (Å²) >= 11 is 0. The molecule has 166 valence electrons. The molecule has 5 atom stereocenters. The Bertz CT molecular complexity index is 1000. The van der Waals surface area contributed by atoms with Crippen LogP contribution in [0.3, 0.4) is 0 Å². The minimum Gasteiger partial charge on any atom is -0.366 e. The maximum atomic E-state index is 6.41. The van der Waals surface area contributed by atoms with Gasteiger partial charge >= 0.3 is 0 Å². The molecule has 9 heteroatoms. The number of rotatable bonds is 4. The van der Waals surface area contributed by atoms with Crippen LogP contribution in [0.1, 0.15) is 39.0 Å². The lowest BCUT2D eigenvalue weighted by molar-refractivity contribution is -0.236. The Hall–Kier alpha value is -1.88. The average Bonchev–Trinajstić information content (AvgIpc) is 3.46. The predicted molar refractivity (Wildman–Crippen MR) is 107 cm³/mol. The summed E-state index contributed by atoms with van der Waals surface area (Å²) in [5.41, 5.74) is 4.20. The van der Waals surface area contributed by atoms with Crippen LogP contribution in [0.2, 0.25) is 0 Å². The first-order valence-electron chi connectivity index (χ1n) is 10.7. The molecule has 1 aromatic carbocycles. The normalized spacial score (nSPS) is 34.6. The SMILES string of the molecule is CC1(C)OCC(C2O[C@@H]3OC(C)(C)O[C@@H]3[C@H]2OCc2nnn3c2-c2ccccc2C3)O1. The van der Waals surface area contributed by atoms with E-state index in [-0.39, 0.29) is 31.0 Å². The molecule has 0 amide bonds. The first-order chi connectivity index (χ1) is 14.8. The number of nitrogens with zero attached hydrogens (tertiary/aromatic N) is 3. The van der Waals surface area contributed by atoms with E-state index in [0.29, 0.717) is 6.61 Å². The van der Waals surface area contributed by atoms with Crippen LogP contribution >= 0.6 is 0 Å². The first kappa shape index (κ1) is 19.8. The fourth-order valence-corrected chi connectivity index (χ4v) is 4.95. The Morgan fingerprint density at radius 3 is 2.71 bits per heavy atom. The summed E-state index contributed by atoms with van der Waals surface area (Å²) in [4.78, 5) is 0. The second kappa shape index (κ2) is 6.81. The first-order valence-corrected chi connectivity index (χ1v) is 10.7. The molecule has 0 bridgehead atoms. The van der Waals surface area contributed by atoms with Gasteiger partial charge in [0.2, 0.25) is 0 Å². The van der Waals surface area contributed by atoms with Crippen LogP contribution in [-0.4, -0.2) is 63.9 Å². The molecular formula is C22H27N3O6. The number of benzene rings is 1. The van der Waals surface area contributed by atoms with Gasteiger partial charge in [-0.2, -0.15) is 0 Å². The highest BCUT2D eigenvalue weighted by molar-refractivity contribution is 5.69. The van der Waals surface area contributed by atoms with Gasteiger partial charge in [-0.3, -0.25) is 0 Å². The number of fused-ring (bicyclic) bond motifs is 4. The Balaban J connectivity index is 1.25. The summed E-state index contributed by atoms with van der Waals surface area (Å²) in [7, 11) is 0. The van der Waals surface area contributed by atoms with Crippen molar-refractivity contribution in [2.75, 3.05) is 6.61 Å². The molecular weight excluding hydrogens is 402 g/mol. The lowest BCUT2D eigenvalue weighted by Gasteiger charge is -2.29. The van der Waals surface area contributed by atoms with E-state index >= 15 is 0 Å². The van der Waals surface area contributed by atoms with Gasteiger partial charge in [0.25, 0.3) is 0 Å². The third kappa shape index (κ3) is 3.31. The van der Waals surface area contributed by atoms with Crippen molar-refractivity contribution in [1.29, 1.82) is 0 Å². The minimum atomic E-state index is -0.732. The van der Waals surface area contributed by atoms with E-state index < -0.39 is 17.9 Å². The fraction of sp³-hybridized carbons (Fsp3) is 0.636. The van der Waals surface area contributed by atoms with Gasteiger partial charge in [-0.25, -0.2) is 4.68 Å². The second-order valence-corrected chi connectivity index (χ2v) is 9.41. The molecule has 3 fully saturated rings. The molecule has 0 radical (unpaired) electrons. The third-order valence-electron chi connectivity index (χ3n) is 6.23. The summed E-state index contributed by atoms with van der Waals surface area (Å²) in [6, 6.07) is 8.29. The highest BCUT2D eigenvalue weighted by Crippen LogP contribution is 2.42. The molecule has 0 spiro atoms. The Labute approximate surface area is 180 Å². The molecule has 5 heterocycles. The smallest absolute Gasteiger partial charge is 0.190 e. The van der Waals surface area contributed by atoms with Crippen molar-refractivity contribution in [1.82, 2.24) is 15.0 Å². The van der Waals surface area contributed by atoms with E-state index in [1.807, 2.05) is 44.5 Å². The van der Waals surface area contributed by atoms with Gasteiger partial charge in [-0.05, 0) is 33.3 Å². The van der Waals surface area contributed by atoms with Crippen LogP contribution in [0.15, 0.2) is 24.3 Å². The van der Waals surface area contributed by atoms with Crippen molar-refractivity contribution in [3.05, 3.63) is 35.5 Å². The molecule has 31 heavy (non-hydrogen) atoms. The van der Waals surface area contributed by atoms with Crippen LogP contribution in [0.25, 0.3) is 11.3 Å². The van der Waals surface area contributed by atoms with E-state index in [0.717, 1.165) is 23.5 Å². The largest absolute Gasteiger partial charge is 0.366 e. The Morgan fingerprint density at radius 1 is 1.06 bits per heavy atom. The Morgan fingerprint density at radius 2 is 1.90 bits per heavy atom. The average molecular weight is 429 g/mol. The molecule has 3 saturated heterocycles. The molecule has 0 saturated carbocycles. The van der Waals surface area contributed by atoms with Crippen LogP contribution in [-0.2, 0) is 41.6 Å². The van der Waals surface area contributed by atoms with Gasteiger partial charge in [0, 0.05) is 5.56 Å². The molecule has 0 aliphatic carbocycles. The maximum absolute atomic E-state index is 6.41. The van der Waals surface area contributed by atoms with Crippen molar-refractivity contribution in [2.24, 2.45) is 0 Å². The van der Waals surface area contributed by atoms with Crippen molar-refractivity contribution in [2.45, 2.75) is 83.1 Å². The lowest BCUT2D eigenvalue weighted by Crippen LogP contribution is -2.44. The molecule has 2 aromatic rings. The van der Waals surface area contributed by atoms with Gasteiger partial charge in [0.05, 0.1) is 25.5 Å². The zero-order chi connectivity index (χ0) is 21.4. The molecule has 6 rings (SSSR count). The van der Waals surface area contributed by atoms with E-state index in [9.17, 15) is 0 Å². The zero-order valence-electron chi connectivity index (χ0n) is 18.1. The molecule has 2 unspecified atom stereocenters. The van der Waals surface area contributed by atoms with Crippen LogP contribution in [0.5, 0.6) is 0 Å². The van der Waals surface area contributed by atoms with Crippen molar-refractivity contribution in [3.63, 3.8) is 0 Å². The number of aromatic nitrogens is 3. The van der Waals surface area contributed by atoms with E-state index in [1.54, 1.807) is 0 Å². The van der Waals surface area contributed by atoms with Crippen LogP contribution < -0.4 is 0 Å². The van der Waals surface area contributed by atoms with Crippen molar-refractivity contribution >= 4 is 0 Å². The maximum Gasteiger partial charge on any atom is 0.190 e. The molecule has 4 aliphatic rings. The van der Waals surface area contributed by atoms with Gasteiger partial charge in [0.15, 0.2) is 17.9 Å². The Kier molecular flexibility index (Phi) is 4.34. The monoisotopic (exact) mass is 429 g/mol. The summed E-state index contributed by atoms with van der Waals surface area (Å²) in [6.07, 6.45) is -1.90. The van der Waals surface area contributed by atoms with Gasteiger partial charge < -0.3 is 28.4 Å². The number of ether oxygens (including phenoxy) is 6. The standard InChI is InChI=1S/C22H27N3O6/c1-21(2)27-11-15(29-21)17-18(19-20(28-17)31-22(3,4)30-19)26-10-14-16-13-8-6-5-7-12(13)9-25(16)24-23-14/h5-8,15,17-20H,9-11H2,1-4H3/t15?,17?,18-,19+,20+/m0/s1. The molecule has 9 nitrogen and oxygen atoms in total. The van der Waals surface area contributed by atoms with E-state index in [1.165, 1.54) is 5.56 Å². The summed E-state index contributed by atoms with van der Waals surface area (Å²) in [6.45, 7) is 8.99. The third-order valence-corrected chi connectivity index (χ3v) is 6.23. The van der Waals surface area contributed by atoms with Gasteiger partial charge in [-0.15, -0.1) is 5.10 Å². The number of hydrogen-bond acceptors (Lipinski definition) is 8. The topological polar surface area (TPSA) is 86.1 Å². The summed E-state index contributed by atoms with van der Waals surface area (Å²) in [5.74, 6) is -1.39. The highest BCUT2D eigenvalue weighted by Gasteiger charge is 2.59. The zero-order valence-corrected chi connectivity index (χ0v) is 18.1. The van der Waals surface area contributed by atoms with Crippen molar-refractivity contribution in [3.8, 4) is 11.3 Å². The highest BCUT2D eigenvalue weighted by atomic mass is 16.8. The quantitative estimate of drug-likeness (QED) is 0.624. The fourth-order valence-electron chi connectivity index (χ4n) is 4.95. The molecule has 4 aliphatic heterocycles. The summed E-state index contributed by atoms with van der Waals surface area (Å²) in [5, 5.41) is 8.69. The molecule has 0 N–H and O–H groups in total. The van der Waals surface area contributed by atoms with Crippen LogP contribution in [0.4, 0.5) is 0 Å².